The van der Waals surface area contributed by atoms with E-state index < -0.39 is 0 Å². The van der Waals surface area contributed by atoms with Gasteiger partial charge >= 0.3 is 0 Å². The standard InChI is InChI=1S/C11H23NO2/c1-8(9(2)13)12-7-10-5-3-4-6-11(10)14/h8-14H,3-7H2,1-2H3. The fourth-order valence-electron chi connectivity index (χ4n) is 1.93. The Morgan fingerprint density at radius 3 is 2.50 bits per heavy atom. The number of aliphatic hydroxyl groups is 2. The van der Waals surface area contributed by atoms with Gasteiger partial charge in [-0.1, -0.05) is 12.8 Å². The van der Waals surface area contributed by atoms with Crippen molar-refractivity contribution in [2.24, 2.45) is 5.92 Å². The van der Waals surface area contributed by atoms with E-state index in [4.69, 9.17) is 0 Å². The van der Waals surface area contributed by atoms with E-state index in [9.17, 15) is 10.2 Å². The van der Waals surface area contributed by atoms with Gasteiger partial charge in [0, 0.05) is 12.6 Å². The normalized spacial score (nSPS) is 32.6. The maximum Gasteiger partial charge on any atom is 0.0662 e. The minimum absolute atomic E-state index is 0.115. The molecule has 0 bridgehead atoms. The summed E-state index contributed by atoms with van der Waals surface area (Å²) in [6.07, 6.45) is 3.97. The first-order valence-electron chi connectivity index (χ1n) is 5.70. The summed E-state index contributed by atoms with van der Waals surface area (Å²) >= 11 is 0. The van der Waals surface area contributed by atoms with Crippen LogP contribution in [0.2, 0.25) is 0 Å². The van der Waals surface area contributed by atoms with Gasteiger partial charge in [-0.2, -0.15) is 0 Å². The summed E-state index contributed by atoms with van der Waals surface area (Å²) in [5.41, 5.74) is 0. The van der Waals surface area contributed by atoms with Gasteiger partial charge in [0.25, 0.3) is 0 Å². The van der Waals surface area contributed by atoms with Crippen LogP contribution in [0.25, 0.3) is 0 Å². The molecule has 4 atom stereocenters. The maximum atomic E-state index is 9.72. The number of hydrogen-bond donors (Lipinski definition) is 3. The fourth-order valence-corrected chi connectivity index (χ4v) is 1.93. The lowest BCUT2D eigenvalue weighted by Gasteiger charge is -2.29. The molecule has 1 rings (SSSR count). The van der Waals surface area contributed by atoms with Gasteiger partial charge in [0.15, 0.2) is 0 Å². The third-order valence-corrected chi connectivity index (χ3v) is 3.29. The summed E-state index contributed by atoms with van der Waals surface area (Å²) in [4.78, 5) is 0. The Labute approximate surface area is 86.5 Å². The monoisotopic (exact) mass is 201 g/mol. The van der Waals surface area contributed by atoms with Gasteiger partial charge in [0.2, 0.25) is 0 Å². The zero-order valence-electron chi connectivity index (χ0n) is 9.24. The van der Waals surface area contributed by atoms with Crippen molar-refractivity contribution in [3.05, 3.63) is 0 Å². The van der Waals surface area contributed by atoms with Crippen molar-refractivity contribution in [3.63, 3.8) is 0 Å². The second-order valence-corrected chi connectivity index (χ2v) is 4.55. The van der Waals surface area contributed by atoms with Crippen LogP contribution in [-0.2, 0) is 0 Å². The lowest BCUT2D eigenvalue weighted by atomic mass is 9.86. The van der Waals surface area contributed by atoms with Crippen LogP contribution >= 0.6 is 0 Å². The predicted molar refractivity (Wildman–Crippen MR) is 57.1 cm³/mol. The van der Waals surface area contributed by atoms with Crippen molar-refractivity contribution < 1.29 is 10.2 Å². The molecule has 4 unspecified atom stereocenters. The van der Waals surface area contributed by atoms with E-state index in [1.165, 1.54) is 6.42 Å². The predicted octanol–water partition coefficient (Wildman–Crippen LogP) is 0.896. The summed E-state index contributed by atoms with van der Waals surface area (Å²) in [5.74, 6) is 0.380. The minimum atomic E-state index is -0.323. The topological polar surface area (TPSA) is 52.5 Å². The quantitative estimate of drug-likeness (QED) is 0.633. The minimum Gasteiger partial charge on any atom is -0.393 e. The molecule has 14 heavy (non-hydrogen) atoms. The largest absolute Gasteiger partial charge is 0.393 e. The molecule has 0 aromatic heterocycles. The molecule has 0 aliphatic heterocycles. The van der Waals surface area contributed by atoms with Gasteiger partial charge in [0.1, 0.15) is 0 Å². The van der Waals surface area contributed by atoms with Gasteiger partial charge in [-0.25, -0.2) is 0 Å². The lowest BCUT2D eigenvalue weighted by molar-refractivity contribution is 0.0633. The Hall–Kier alpha value is -0.120. The molecule has 0 radical (unpaired) electrons. The number of hydrogen-bond acceptors (Lipinski definition) is 3. The van der Waals surface area contributed by atoms with Gasteiger partial charge in [-0.05, 0) is 32.6 Å². The molecule has 3 nitrogen and oxygen atoms in total. The van der Waals surface area contributed by atoms with E-state index in [2.05, 4.69) is 5.32 Å². The molecule has 0 amide bonds. The molecule has 3 N–H and O–H groups in total. The van der Waals surface area contributed by atoms with Crippen LogP contribution in [0, 0.1) is 5.92 Å². The zero-order valence-corrected chi connectivity index (χ0v) is 9.24. The molecule has 1 fully saturated rings. The Bertz CT molecular complexity index is 161. The molecule has 3 heteroatoms. The van der Waals surface area contributed by atoms with Gasteiger partial charge < -0.3 is 15.5 Å². The van der Waals surface area contributed by atoms with Crippen LogP contribution in [-0.4, -0.2) is 35.0 Å². The second kappa shape index (κ2) is 5.69. The summed E-state index contributed by atoms with van der Waals surface area (Å²) in [7, 11) is 0. The number of nitrogens with one attached hydrogen (secondary N) is 1. The molecule has 0 aromatic rings. The fraction of sp³-hybridized carbons (Fsp3) is 1.00. The van der Waals surface area contributed by atoms with Gasteiger partial charge in [-0.15, -0.1) is 0 Å². The third-order valence-electron chi connectivity index (χ3n) is 3.29. The molecular weight excluding hydrogens is 178 g/mol. The Balaban J connectivity index is 2.22. The van der Waals surface area contributed by atoms with E-state index >= 15 is 0 Å². The number of aliphatic hydroxyl groups excluding tert-OH is 2. The third kappa shape index (κ3) is 3.56. The van der Waals surface area contributed by atoms with E-state index in [1.807, 2.05) is 6.92 Å². The summed E-state index contributed by atoms with van der Waals surface area (Å²) in [5, 5.41) is 22.3. The summed E-state index contributed by atoms with van der Waals surface area (Å²) < 4.78 is 0. The molecule has 0 spiro atoms. The first-order chi connectivity index (χ1) is 6.61. The van der Waals surface area contributed by atoms with Crippen LogP contribution in [0.15, 0.2) is 0 Å². The second-order valence-electron chi connectivity index (χ2n) is 4.55. The Morgan fingerprint density at radius 1 is 1.29 bits per heavy atom. The van der Waals surface area contributed by atoms with Crippen molar-refractivity contribution in [2.75, 3.05) is 6.54 Å². The average Bonchev–Trinajstić information content (AvgIpc) is 2.16. The van der Waals surface area contributed by atoms with Gasteiger partial charge in [0.05, 0.1) is 12.2 Å². The van der Waals surface area contributed by atoms with Crippen LogP contribution in [0.5, 0.6) is 0 Å². The first kappa shape index (κ1) is 12.0. The molecule has 1 saturated carbocycles. The molecule has 1 aliphatic rings. The highest BCUT2D eigenvalue weighted by Gasteiger charge is 2.23. The summed E-state index contributed by atoms with van der Waals surface area (Å²) in [6.45, 7) is 4.59. The Kier molecular flexibility index (Phi) is 4.85. The maximum absolute atomic E-state index is 9.72. The molecule has 1 aliphatic carbocycles. The molecule has 0 aromatic carbocycles. The van der Waals surface area contributed by atoms with Crippen molar-refractivity contribution in [1.82, 2.24) is 5.32 Å². The molecule has 0 heterocycles. The highest BCUT2D eigenvalue weighted by Crippen LogP contribution is 2.23. The summed E-state index contributed by atoms with van der Waals surface area (Å²) in [6, 6.07) is 0.115. The van der Waals surface area contributed by atoms with E-state index in [1.54, 1.807) is 6.92 Å². The lowest BCUT2D eigenvalue weighted by Crippen LogP contribution is -2.41. The highest BCUT2D eigenvalue weighted by atomic mass is 16.3. The molecule has 84 valence electrons. The van der Waals surface area contributed by atoms with Gasteiger partial charge in [-0.3, -0.25) is 0 Å². The van der Waals surface area contributed by atoms with Crippen LogP contribution in [0.3, 0.4) is 0 Å². The number of rotatable bonds is 4. The smallest absolute Gasteiger partial charge is 0.0662 e. The van der Waals surface area contributed by atoms with Crippen molar-refractivity contribution in [3.8, 4) is 0 Å². The van der Waals surface area contributed by atoms with E-state index in [-0.39, 0.29) is 18.2 Å². The Morgan fingerprint density at radius 2 is 1.93 bits per heavy atom. The average molecular weight is 201 g/mol. The van der Waals surface area contributed by atoms with Crippen molar-refractivity contribution >= 4 is 0 Å². The van der Waals surface area contributed by atoms with E-state index in [0.717, 1.165) is 25.8 Å². The molecular formula is C11H23NO2. The zero-order chi connectivity index (χ0) is 10.6. The SMILES string of the molecule is CC(O)C(C)NCC1CCCCC1O. The first-order valence-corrected chi connectivity index (χ1v) is 5.70. The van der Waals surface area contributed by atoms with Crippen LogP contribution < -0.4 is 5.32 Å². The van der Waals surface area contributed by atoms with Crippen molar-refractivity contribution in [1.29, 1.82) is 0 Å². The van der Waals surface area contributed by atoms with Crippen LogP contribution in [0.1, 0.15) is 39.5 Å². The highest BCUT2D eigenvalue weighted by molar-refractivity contribution is 4.78. The molecule has 0 saturated heterocycles. The van der Waals surface area contributed by atoms with Crippen molar-refractivity contribution in [2.45, 2.75) is 57.8 Å². The van der Waals surface area contributed by atoms with Crippen LogP contribution in [0.4, 0.5) is 0 Å². The van der Waals surface area contributed by atoms with E-state index in [0.29, 0.717) is 5.92 Å².